The van der Waals surface area contributed by atoms with E-state index >= 15 is 0 Å². The first-order chi connectivity index (χ1) is 23.7. The second kappa shape index (κ2) is 17.5. The Hall–Kier alpha value is -4.34. The van der Waals surface area contributed by atoms with Crippen molar-refractivity contribution < 1.29 is 67.4 Å². The number of hydroxylamine groups is 4. The number of nitrogens with zero attached hydrogens (tertiary/aromatic N) is 4. The number of hydrogen-bond donors (Lipinski definition) is 0. The number of imide groups is 2. The standard InChI is InChI=1S/C28H34N4O16S2/c33-21-5-6-22(34)29(21)47-25(37)9-11-45-27(39)17-13-15(1-3-19(17)31(41)42)49-50-16-2-4-20(32(43)44)18(14-16)28(40)46-12-10-26(38)48-30-23(35)7-8-24(30)36/h15-20H,1-14H2. The number of carbonyl (C=O) groups is 8. The number of rotatable bonds is 15. The molecule has 0 aromatic carbocycles. The van der Waals surface area contributed by atoms with Crippen molar-refractivity contribution in [2.75, 3.05) is 13.2 Å². The van der Waals surface area contributed by atoms with Gasteiger partial charge in [0.25, 0.3) is 23.6 Å². The summed E-state index contributed by atoms with van der Waals surface area (Å²) in [5, 5.41) is 23.6. The van der Waals surface area contributed by atoms with Crippen molar-refractivity contribution in [1.29, 1.82) is 0 Å². The highest BCUT2D eigenvalue weighted by molar-refractivity contribution is 8.77. The Morgan fingerprint density at radius 1 is 0.620 bits per heavy atom. The Kier molecular flexibility index (Phi) is 13.5. The first-order valence-corrected chi connectivity index (χ1v) is 18.1. The molecule has 6 unspecified atom stereocenters. The highest BCUT2D eigenvalue weighted by atomic mass is 33.1. The summed E-state index contributed by atoms with van der Waals surface area (Å²) in [5.41, 5.74) is 0. The molecule has 4 rings (SSSR count). The van der Waals surface area contributed by atoms with Crippen molar-refractivity contribution in [3.05, 3.63) is 20.2 Å². The zero-order chi connectivity index (χ0) is 36.5. The van der Waals surface area contributed by atoms with Gasteiger partial charge in [-0.25, -0.2) is 9.59 Å². The molecule has 6 atom stereocenters. The maximum absolute atomic E-state index is 12.9. The van der Waals surface area contributed by atoms with Crippen LogP contribution in [0.1, 0.15) is 77.0 Å². The molecule has 0 N–H and O–H groups in total. The SMILES string of the molecule is O=C(CCOC(=O)C1CC(SSC2CCC([N+](=O)[O-])C(C(=O)OCCC(=O)ON3C(=O)CCC3=O)C2)CCC1[N+](=O)[O-])ON1C(=O)CCC1=O. The molecule has 0 radical (unpaired) electrons. The smallest absolute Gasteiger partial charge is 0.336 e. The molecule has 2 aliphatic heterocycles. The topological polar surface area (TPSA) is 266 Å². The average Bonchev–Trinajstić information content (AvgIpc) is 3.57. The Labute approximate surface area is 291 Å². The van der Waals surface area contributed by atoms with E-state index in [0.29, 0.717) is 23.0 Å². The second-order valence-electron chi connectivity index (χ2n) is 11.9. The first-order valence-electron chi connectivity index (χ1n) is 15.8. The fourth-order valence-corrected chi connectivity index (χ4v) is 9.21. The minimum absolute atomic E-state index is 0.0672. The van der Waals surface area contributed by atoms with Crippen LogP contribution >= 0.6 is 21.6 Å². The molecule has 2 aliphatic carbocycles. The minimum Gasteiger partial charge on any atom is -0.465 e. The Bertz CT molecular complexity index is 1290. The van der Waals surface area contributed by atoms with Gasteiger partial charge in [-0.1, -0.05) is 21.6 Å². The van der Waals surface area contributed by atoms with E-state index in [9.17, 15) is 58.6 Å². The zero-order valence-electron chi connectivity index (χ0n) is 26.5. The second-order valence-corrected chi connectivity index (χ2v) is 14.8. The summed E-state index contributed by atoms with van der Waals surface area (Å²) in [7, 11) is 2.69. The van der Waals surface area contributed by atoms with Crippen LogP contribution in [0.3, 0.4) is 0 Å². The molecule has 22 heteroatoms. The third-order valence-electron chi connectivity index (χ3n) is 8.50. The molecule has 0 spiro atoms. The zero-order valence-corrected chi connectivity index (χ0v) is 28.1. The summed E-state index contributed by atoms with van der Waals surface area (Å²) in [4.78, 5) is 128. The summed E-state index contributed by atoms with van der Waals surface area (Å²) >= 11 is 0. The van der Waals surface area contributed by atoms with Gasteiger partial charge in [-0.05, 0) is 25.7 Å². The molecular formula is C28H34N4O16S2. The highest BCUT2D eigenvalue weighted by Gasteiger charge is 2.46. The van der Waals surface area contributed by atoms with Gasteiger partial charge in [0.15, 0.2) is 0 Å². The molecule has 274 valence electrons. The molecule has 4 amide bonds. The van der Waals surface area contributed by atoms with E-state index in [-0.39, 0.29) is 61.9 Å². The van der Waals surface area contributed by atoms with Crippen LogP contribution in [0.2, 0.25) is 0 Å². The summed E-state index contributed by atoms with van der Waals surface area (Å²) in [6.45, 7) is -0.977. The number of ether oxygens (including phenoxy) is 2. The van der Waals surface area contributed by atoms with Crippen molar-refractivity contribution in [3.63, 3.8) is 0 Å². The maximum atomic E-state index is 12.9. The van der Waals surface area contributed by atoms with E-state index in [4.69, 9.17) is 19.1 Å². The molecule has 2 saturated carbocycles. The molecule has 2 heterocycles. The van der Waals surface area contributed by atoms with Crippen LogP contribution in [0.5, 0.6) is 0 Å². The van der Waals surface area contributed by atoms with Crippen LogP contribution < -0.4 is 0 Å². The van der Waals surface area contributed by atoms with Crippen LogP contribution in [0, 0.1) is 32.1 Å². The Morgan fingerprint density at radius 2 is 0.960 bits per heavy atom. The van der Waals surface area contributed by atoms with Crippen LogP contribution in [-0.4, -0.2) is 103 Å². The van der Waals surface area contributed by atoms with E-state index < -0.39 is 107 Å². The number of hydrogen-bond acceptors (Lipinski definition) is 18. The fraction of sp³-hybridized carbons (Fsp3) is 0.714. The maximum Gasteiger partial charge on any atom is 0.336 e. The molecule has 0 bridgehead atoms. The number of carbonyl (C=O) groups excluding carboxylic acids is 8. The number of esters is 2. The first kappa shape index (κ1) is 38.5. The van der Waals surface area contributed by atoms with Gasteiger partial charge in [0.2, 0.25) is 12.1 Å². The van der Waals surface area contributed by atoms with Crippen molar-refractivity contribution in [1.82, 2.24) is 10.1 Å². The van der Waals surface area contributed by atoms with Gasteiger partial charge in [0.05, 0.1) is 12.8 Å². The third kappa shape index (κ3) is 10.1. The lowest BCUT2D eigenvalue weighted by Gasteiger charge is -2.32. The minimum atomic E-state index is -1.22. The molecule has 50 heavy (non-hydrogen) atoms. The van der Waals surface area contributed by atoms with E-state index in [0.717, 1.165) is 0 Å². The predicted molar refractivity (Wildman–Crippen MR) is 165 cm³/mol. The lowest BCUT2D eigenvalue weighted by atomic mass is 9.84. The molecule has 4 fully saturated rings. The molecule has 0 aromatic rings. The summed E-state index contributed by atoms with van der Waals surface area (Å²) in [6, 6.07) is -2.45. The van der Waals surface area contributed by atoms with E-state index in [1.807, 2.05) is 0 Å². The predicted octanol–water partition coefficient (Wildman–Crippen LogP) is 1.08. The van der Waals surface area contributed by atoms with Crippen LogP contribution in [0.15, 0.2) is 0 Å². The van der Waals surface area contributed by atoms with Gasteiger partial charge < -0.3 is 19.1 Å². The van der Waals surface area contributed by atoms with Crippen molar-refractivity contribution in [3.8, 4) is 0 Å². The summed E-state index contributed by atoms with van der Waals surface area (Å²) in [5.74, 6) is -8.72. The van der Waals surface area contributed by atoms with E-state index in [1.165, 1.54) is 21.6 Å². The van der Waals surface area contributed by atoms with Gasteiger partial charge >= 0.3 is 23.9 Å². The van der Waals surface area contributed by atoms with E-state index in [1.54, 1.807) is 0 Å². The number of amides is 4. The monoisotopic (exact) mass is 746 g/mol. The summed E-state index contributed by atoms with van der Waals surface area (Å²) < 4.78 is 10.3. The largest absolute Gasteiger partial charge is 0.465 e. The molecule has 0 aromatic heterocycles. The van der Waals surface area contributed by atoms with Crippen molar-refractivity contribution in [2.45, 2.75) is 99.6 Å². The molecule has 20 nitrogen and oxygen atoms in total. The lowest BCUT2D eigenvalue weighted by Crippen LogP contribution is -2.42. The normalized spacial score (nSPS) is 26.8. The van der Waals surface area contributed by atoms with Gasteiger partial charge in [-0.15, -0.1) is 10.1 Å². The lowest BCUT2D eigenvalue weighted by molar-refractivity contribution is -0.533. The van der Waals surface area contributed by atoms with Crippen LogP contribution in [0.4, 0.5) is 0 Å². The van der Waals surface area contributed by atoms with Gasteiger partial charge in [-0.3, -0.25) is 49.0 Å². The van der Waals surface area contributed by atoms with Gasteiger partial charge in [0, 0.05) is 58.9 Å². The van der Waals surface area contributed by atoms with Crippen molar-refractivity contribution >= 4 is 69.1 Å². The molecular weight excluding hydrogens is 712 g/mol. The van der Waals surface area contributed by atoms with Gasteiger partial charge in [-0.2, -0.15) is 0 Å². The summed E-state index contributed by atoms with van der Waals surface area (Å²) in [6.07, 6.45) is -0.298. The Balaban J connectivity index is 1.23. The van der Waals surface area contributed by atoms with Gasteiger partial charge in [0.1, 0.15) is 25.0 Å². The van der Waals surface area contributed by atoms with E-state index in [2.05, 4.69) is 0 Å². The molecule has 2 saturated heterocycles. The van der Waals surface area contributed by atoms with Crippen molar-refractivity contribution in [2.24, 2.45) is 11.8 Å². The van der Waals surface area contributed by atoms with Crippen LogP contribution in [0.25, 0.3) is 0 Å². The van der Waals surface area contributed by atoms with Crippen LogP contribution in [-0.2, 0) is 57.5 Å². The fourth-order valence-electron chi connectivity index (χ4n) is 5.87. The Morgan fingerprint density at radius 3 is 1.28 bits per heavy atom. The third-order valence-corrected chi connectivity index (χ3v) is 12.0. The highest BCUT2D eigenvalue weighted by Crippen LogP contribution is 2.45. The quantitative estimate of drug-likeness (QED) is 0.0745. The number of nitro groups is 2. The molecule has 4 aliphatic rings. The average molecular weight is 747 g/mol.